The van der Waals surface area contributed by atoms with Crippen LogP contribution in [0.3, 0.4) is 0 Å². The quantitative estimate of drug-likeness (QED) is 0.758. The van der Waals surface area contributed by atoms with Crippen molar-refractivity contribution in [2.75, 3.05) is 13.1 Å². The molecule has 1 amide bonds. The molecule has 1 aromatic carbocycles. The minimum Gasteiger partial charge on any atom is -0.481 e. The minimum absolute atomic E-state index is 0.174. The van der Waals surface area contributed by atoms with Gasteiger partial charge >= 0.3 is 5.97 Å². The van der Waals surface area contributed by atoms with Gasteiger partial charge in [0.15, 0.2) is 6.10 Å². The number of benzene rings is 1. The predicted octanol–water partition coefficient (Wildman–Crippen LogP) is 1.55. The smallest absolute Gasteiger partial charge is 0.323 e. The Morgan fingerprint density at radius 3 is 2.58 bits per heavy atom. The van der Waals surface area contributed by atoms with Crippen LogP contribution in [0.15, 0.2) is 43.0 Å². The van der Waals surface area contributed by atoms with Crippen molar-refractivity contribution >= 4 is 11.9 Å². The molecule has 0 spiro atoms. The van der Waals surface area contributed by atoms with Gasteiger partial charge in [0, 0.05) is 6.54 Å². The average molecular weight is 263 g/mol. The SMILES string of the molecule is C=CCN(CC(=O)O)C(=O)C(C)Oc1ccccc1. The van der Waals surface area contributed by atoms with Crippen molar-refractivity contribution in [2.24, 2.45) is 0 Å². The molecular formula is C14H17NO4. The van der Waals surface area contributed by atoms with Crippen LogP contribution in [0.5, 0.6) is 5.75 Å². The molecule has 0 radical (unpaired) electrons. The molecule has 0 saturated heterocycles. The third-order valence-electron chi connectivity index (χ3n) is 2.39. The van der Waals surface area contributed by atoms with E-state index >= 15 is 0 Å². The number of carboxylic acids is 1. The Kier molecular flexibility index (Phi) is 5.60. The lowest BCUT2D eigenvalue weighted by Gasteiger charge is -2.23. The fourth-order valence-electron chi connectivity index (χ4n) is 1.56. The zero-order chi connectivity index (χ0) is 14.3. The first-order valence-corrected chi connectivity index (χ1v) is 5.87. The Morgan fingerprint density at radius 2 is 2.05 bits per heavy atom. The van der Waals surface area contributed by atoms with E-state index in [0.29, 0.717) is 5.75 Å². The van der Waals surface area contributed by atoms with Crippen LogP contribution in [-0.2, 0) is 9.59 Å². The Balaban J connectivity index is 2.67. The molecule has 0 aliphatic carbocycles. The molecule has 0 aromatic heterocycles. The van der Waals surface area contributed by atoms with Gasteiger partial charge in [-0.1, -0.05) is 24.3 Å². The number of ether oxygens (including phenoxy) is 1. The summed E-state index contributed by atoms with van der Waals surface area (Å²) in [6.07, 6.45) is 0.734. The molecular weight excluding hydrogens is 246 g/mol. The van der Waals surface area contributed by atoms with Crippen molar-refractivity contribution < 1.29 is 19.4 Å². The Bertz CT molecular complexity index is 444. The zero-order valence-electron chi connectivity index (χ0n) is 10.8. The molecule has 102 valence electrons. The van der Waals surface area contributed by atoms with Gasteiger partial charge < -0.3 is 14.7 Å². The largest absolute Gasteiger partial charge is 0.481 e. The van der Waals surface area contributed by atoms with E-state index in [9.17, 15) is 9.59 Å². The normalized spacial score (nSPS) is 11.4. The molecule has 0 heterocycles. The number of hydrogen-bond acceptors (Lipinski definition) is 3. The second-order valence-electron chi connectivity index (χ2n) is 3.97. The third-order valence-corrected chi connectivity index (χ3v) is 2.39. The van der Waals surface area contributed by atoms with Gasteiger partial charge in [-0.15, -0.1) is 6.58 Å². The highest BCUT2D eigenvalue weighted by Gasteiger charge is 2.22. The lowest BCUT2D eigenvalue weighted by molar-refractivity contribution is -0.146. The number of carbonyl (C=O) groups excluding carboxylic acids is 1. The van der Waals surface area contributed by atoms with E-state index in [1.807, 2.05) is 6.07 Å². The van der Waals surface area contributed by atoms with E-state index in [1.54, 1.807) is 31.2 Å². The van der Waals surface area contributed by atoms with Gasteiger partial charge in [-0.05, 0) is 19.1 Å². The van der Waals surface area contributed by atoms with Crippen molar-refractivity contribution in [3.63, 3.8) is 0 Å². The summed E-state index contributed by atoms with van der Waals surface area (Å²) in [5, 5.41) is 8.76. The highest BCUT2D eigenvalue weighted by atomic mass is 16.5. The number of carbonyl (C=O) groups is 2. The highest BCUT2D eigenvalue weighted by molar-refractivity contribution is 5.84. The molecule has 1 rings (SSSR count). The molecule has 19 heavy (non-hydrogen) atoms. The molecule has 0 aliphatic heterocycles. The summed E-state index contributed by atoms with van der Waals surface area (Å²) in [6, 6.07) is 8.90. The lowest BCUT2D eigenvalue weighted by Crippen LogP contribution is -2.43. The van der Waals surface area contributed by atoms with Gasteiger partial charge in [-0.2, -0.15) is 0 Å². The average Bonchev–Trinajstić information content (AvgIpc) is 2.38. The molecule has 5 heteroatoms. The molecule has 5 nitrogen and oxygen atoms in total. The Labute approximate surface area is 112 Å². The third kappa shape index (κ3) is 4.83. The van der Waals surface area contributed by atoms with E-state index in [0.717, 1.165) is 0 Å². The second kappa shape index (κ2) is 7.20. The van der Waals surface area contributed by atoms with Crippen LogP contribution < -0.4 is 4.74 Å². The first-order valence-electron chi connectivity index (χ1n) is 5.87. The molecule has 0 saturated carbocycles. The highest BCUT2D eigenvalue weighted by Crippen LogP contribution is 2.12. The summed E-state index contributed by atoms with van der Waals surface area (Å²) < 4.78 is 5.47. The molecule has 1 atom stereocenters. The van der Waals surface area contributed by atoms with Gasteiger partial charge in [0.2, 0.25) is 0 Å². The Hall–Kier alpha value is -2.30. The number of amides is 1. The molecule has 1 aromatic rings. The van der Waals surface area contributed by atoms with Crippen LogP contribution in [0, 0.1) is 0 Å². The van der Waals surface area contributed by atoms with Crippen LogP contribution in [0.25, 0.3) is 0 Å². The zero-order valence-corrected chi connectivity index (χ0v) is 10.8. The summed E-state index contributed by atoms with van der Waals surface area (Å²) in [7, 11) is 0. The van der Waals surface area contributed by atoms with Crippen molar-refractivity contribution in [1.29, 1.82) is 0 Å². The summed E-state index contributed by atoms with van der Waals surface area (Å²) >= 11 is 0. The van der Waals surface area contributed by atoms with E-state index < -0.39 is 12.1 Å². The minimum atomic E-state index is -1.07. The summed E-state index contributed by atoms with van der Waals surface area (Å²) in [4.78, 5) is 23.9. The summed E-state index contributed by atoms with van der Waals surface area (Å²) in [5.41, 5.74) is 0. The van der Waals surface area contributed by atoms with Crippen LogP contribution in [-0.4, -0.2) is 41.1 Å². The van der Waals surface area contributed by atoms with E-state index in [1.165, 1.54) is 11.0 Å². The molecule has 1 unspecified atom stereocenters. The molecule has 1 N–H and O–H groups in total. The van der Waals surface area contributed by atoms with Crippen molar-refractivity contribution in [3.8, 4) is 5.75 Å². The lowest BCUT2D eigenvalue weighted by atomic mass is 10.3. The summed E-state index contributed by atoms with van der Waals surface area (Å²) in [5.74, 6) is -0.884. The number of hydrogen-bond donors (Lipinski definition) is 1. The van der Waals surface area contributed by atoms with E-state index in [-0.39, 0.29) is 19.0 Å². The standard InChI is InChI=1S/C14H17NO4/c1-3-9-15(10-13(16)17)14(18)11(2)19-12-7-5-4-6-8-12/h3-8,11H,1,9-10H2,2H3,(H,16,17). The maximum atomic E-state index is 12.1. The predicted molar refractivity (Wildman–Crippen MR) is 70.9 cm³/mol. The van der Waals surface area contributed by atoms with Gasteiger partial charge in [0.1, 0.15) is 12.3 Å². The first-order chi connectivity index (χ1) is 9.04. The first kappa shape index (κ1) is 14.8. The van der Waals surface area contributed by atoms with E-state index in [4.69, 9.17) is 9.84 Å². The number of rotatable bonds is 7. The monoisotopic (exact) mass is 263 g/mol. The Morgan fingerprint density at radius 1 is 1.42 bits per heavy atom. The molecule has 0 fully saturated rings. The van der Waals surface area contributed by atoms with Crippen molar-refractivity contribution in [2.45, 2.75) is 13.0 Å². The van der Waals surface area contributed by atoms with Crippen molar-refractivity contribution in [3.05, 3.63) is 43.0 Å². The van der Waals surface area contributed by atoms with Crippen LogP contribution in [0.4, 0.5) is 0 Å². The topological polar surface area (TPSA) is 66.8 Å². The number of aliphatic carboxylic acids is 1. The molecule has 0 bridgehead atoms. The van der Waals surface area contributed by atoms with Crippen LogP contribution in [0.1, 0.15) is 6.92 Å². The fraction of sp³-hybridized carbons (Fsp3) is 0.286. The number of carboxylic acid groups (broad SMARTS) is 1. The van der Waals surface area contributed by atoms with Gasteiger partial charge in [-0.3, -0.25) is 9.59 Å². The van der Waals surface area contributed by atoms with E-state index in [2.05, 4.69) is 6.58 Å². The van der Waals surface area contributed by atoms with Crippen molar-refractivity contribution in [1.82, 2.24) is 4.90 Å². The van der Waals surface area contributed by atoms with Crippen LogP contribution in [0.2, 0.25) is 0 Å². The van der Waals surface area contributed by atoms with Gasteiger partial charge in [0.25, 0.3) is 5.91 Å². The van der Waals surface area contributed by atoms with Gasteiger partial charge in [-0.25, -0.2) is 0 Å². The maximum absolute atomic E-state index is 12.1. The number of para-hydroxylation sites is 1. The summed E-state index contributed by atoms with van der Waals surface area (Å²) in [6.45, 7) is 4.90. The fourth-order valence-corrected chi connectivity index (χ4v) is 1.56. The molecule has 0 aliphatic rings. The van der Waals surface area contributed by atoms with Crippen LogP contribution >= 0.6 is 0 Å². The van der Waals surface area contributed by atoms with Gasteiger partial charge in [0.05, 0.1) is 0 Å². The number of nitrogens with zero attached hydrogens (tertiary/aromatic N) is 1. The second-order valence-corrected chi connectivity index (χ2v) is 3.97. The maximum Gasteiger partial charge on any atom is 0.323 e.